The zero-order chi connectivity index (χ0) is 8.69. The summed E-state index contributed by atoms with van der Waals surface area (Å²) < 4.78 is 0. The molecule has 0 heterocycles. The fraction of sp³-hybridized carbons (Fsp3) is 0.833. The molecule has 0 saturated heterocycles. The molecule has 0 fully saturated rings. The van der Waals surface area contributed by atoms with Crippen molar-refractivity contribution in [2.75, 3.05) is 34.2 Å². The van der Waals surface area contributed by atoms with E-state index < -0.39 is 0 Å². The molecule has 0 atom stereocenters. The minimum atomic E-state index is 0. The summed E-state index contributed by atoms with van der Waals surface area (Å²) in [5.74, 6) is 0.395. The van der Waals surface area contributed by atoms with Crippen LogP contribution >= 0.6 is 12.4 Å². The Morgan fingerprint density at radius 1 is 1.50 bits per heavy atom. The van der Waals surface area contributed by atoms with Crippen LogP contribution in [0.25, 0.3) is 0 Å². The summed E-state index contributed by atoms with van der Waals surface area (Å²) >= 11 is 0. The summed E-state index contributed by atoms with van der Waals surface area (Å²) in [5, 5.41) is 11.3. The molecular formula is C6H17ClN4O. The molecule has 0 aromatic heterocycles. The maximum Gasteiger partial charge on any atom is 0.215 e. The van der Waals surface area contributed by atoms with Gasteiger partial charge in [-0.1, -0.05) is 0 Å². The molecule has 0 aliphatic rings. The van der Waals surface area contributed by atoms with E-state index in [9.17, 15) is 0 Å². The van der Waals surface area contributed by atoms with Gasteiger partial charge in [0.1, 0.15) is 0 Å². The van der Waals surface area contributed by atoms with Crippen LogP contribution in [0.3, 0.4) is 0 Å². The van der Waals surface area contributed by atoms with Crippen LogP contribution in [-0.2, 0) is 0 Å². The molecule has 5 nitrogen and oxygen atoms in total. The number of guanidine groups is 1. The van der Waals surface area contributed by atoms with Gasteiger partial charge < -0.3 is 10.2 Å². The molecular weight excluding hydrogens is 180 g/mol. The van der Waals surface area contributed by atoms with Gasteiger partial charge in [0.05, 0.1) is 0 Å². The van der Waals surface area contributed by atoms with Crippen LogP contribution in [0, 0.1) is 0 Å². The maximum atomic E-state index is 8.43. The van der Waals surface area contributed by atoms with Gasteiger partial charge in [-0.15, -0.1) is 12.4 Å². The van der Waals surface area contributed by atoms with Crippen molar-refractivity contribution in [2.24, 2.45) is 4.99 Å². The normalized spacial score (nSPS) is 10.9. The zero-order valence-electron chi connectivity index (χ0n) is 7.66. The first-order valence-corrected chi connectivity index (χ1v) is 3.46. The summed E-state index contributed by atoms with van der Waals surface area (Å²) in [6.45, 7) is 1.66. The molecule has 0 bridgehead atoms. The van der Waals surface area contributed by atoms with Gasteiger partial charge in [0.15, 0.2) is 0 Å². The molecule has 0 amide bonds. The van der Waals surface area contributed by atoms with Crippen LogP contribution < -0.4 is 10.8 Å². The number of hydrogen-bond donors (Lipinski definition) is 3. The van der Waals surface area contributed by atoms with Crippen molar-refractivity contribution in [1.29, 1.82) is 0 Å². The van der Waals surface area contributed by atoms with E-state index in [0.29, 0.717) is 5.96 Å². The molecule has 0 aliphatic carbocycles. The van der Waals surface area contributed by atoms with Gasteiger partial charge in [-0.3, -0.25) is 10.2 Å². The van der Waals surface area contributed by atoms with E-state index in [1.54, 1.807) is 7.05 Å². The topological polar surface area (TPSA) is 59.9 Å². The number of rotatable bonds is 3. The van der Waals surface area contributed by atoms with Crippen molar-refractivity contribution >= 4 is 18.4 Å². The fourth-order valence-corrected chi connectivity index (χ4v) is 0.566. The number of nitrogens with one attached hydrogen (secondary N) is 2. The molecule has 12 heavy (non-hydrogen) atoms. The minimum absolute atomic E-state index is 0. The highest BCUT2D eigenvalue weighted by Crippen LogP contribution is 1.70. The first-order valence-electron chi connectivity index (χ1n) is 3.46. The lowest BCUT2D eigenvalue weighted by Gasteiger charge is -2.11. The Kier molecular flexibility index (Phi) is 10.0. The number of nitrogens with zero attached hydrogens (tertiary/aromatic N) is 2. The lowest BCUT2D eigenvalue weighted by Crippen LogP contribution is -2.38. The molecule has 0 spiro atoms. The van der Waals surface area contributed by atoms with Gasteiger partial charge in [0.25, 0.3) is 0 Å². The van der Waals surface area contributed by atoms with E-state index >= 15 is 0 Å². The maximum absolute atomic E-state index is 8.43. The van der Waals surface area contributed by atoms with Crippen LogP contribution in [0.5, 0.6) is 0 Å². The van der Waals surface area contributed by atoms with Crippen LogP contribution in [0.15, 0.2) is 4.99 Å². The van der Waals surface area contributed by atoms with Gasteiger partial charge in [0, 0.05) is 20.1 Å². The third-order valence-electron chi connectivity index (χ3n) is 1.18. The van der Waals surface area contributed by atoms with Crippen LogP contribution in [0.4, 0.5) is 0 Å². The number of likely N-dealkylation sites (N-methyl/N-ethyl adjacent to an activating group) is 1. The second-order valence-electron chi connectivity index (χ2n) is 2.41. The Bertz CT molecular complexity index is 129. The Balaban J connectivity index is 0. The summed E-state index contributed by atoms with van der Waals surface area (Å²) in [6.07, 6.45) is 0. The zero-order valence-corrected chi connectivity index (χ0v) is 8.48. The molecule has 3 N–H and O–H groups in total. The number of halogens is 1. The van der Waals surface area contributed by atoms with Gasteiger partial charge in [-0.2, -0.15) is 0 Å². The number of hydroxylamine groups is 1. The molecule has 74 valence electrons. The van der Waals surface area contributed by atoms with E-state index in [-0.39, 0.29) is 12.4 Å². The summed E-state index contributed by atoms with van der Waals surface area (Å²) in [4.78, 5) is 5.77. The predicted octanol–water partition coefficient (Wildman–Crippen LogP) is -0.476. The molecule has 0 aromatic rings. The van der Waals surface area contributed by atoms with Crippen LogP contribution in [-0.4, -0.2) is 50.3 Å². The van der Waals surface area contributed by atoms with Gasteiger partial charge in [-0.05, 0) is 14.1 Å². The molecule has 0 radical (unpaired) electrons. The summed E-state index contributed by atoms with van der Waals surface area (Å²) in [7, 11) is 5.56. The summed E-state index contributed by atoms with van der Waals surface area (Å²) in [5.41, 5.74) is 1.95. The SMILES string of the molecule is CN=C(NO)NCCN(C)C.Cl. The smallest absolute Gasteiger partial charge is 0.215 e. The van der Waals surface area contributed by atoms with Crippen molar-refractivity contribution in [3.05, 3.63) is 0 Å². The first-order chi connectivity index (χ1) is 5.20. The van der Waals surface area contributed by atoms with Crippen LogP contribution in [0.2, 0.25) is 0 Å². The molecule has 0 aromatic carbocycles. The highest BCUT2D eigenvalue weighted by molar-refractivity contribution is 5.85. The van der Waals surface area contributed by atoms with Crippen LogP contribution in [0.1, 0.15) is 0 Å². The number of aliphatic imine (C=N–C) groups is 1. The van der Waals surface area contributed by atoms with Gasteiger partial charge in [-0.25, -0.2) is 5.48 Å². The third-order valence-corrected chi connectivity index (χ3v) is 1.18. The second kappa shape index (κ2) is 8.58. The largest absolute Gasteiger partial charge is 0.353 e. The van der Waals surface area contributed by atoms with Crippen molar-refractivity contribution < 1.29 is 5.21 Å². The van der Waals surface area contributed by atoms with E-state index in [2.05, 4.69) is 10.3 Å². The number of hydrogen-bond acceptors (Lipinski definition) is 3. The van der Waals surface area contributed by atoms with E-state index in [4.69, 9.17) is 5.21 Å². The highest BCUT2D eigenvalue weighted by atomic mass is 35.5. The molecule has 0 unspecified atom stereocenters. The Hall–Kier alpha value is -0.520. The molecule has 0 rings (SSSR count). The van der Waals surface area contributed by atoms with Crippen molar-refractivity contribution in [3.63, 3.8) is 0 Å². The van der Waals surface area contributed by atoms with E-state index in [1.165, 1.54) is 0 Å². The van der Waals surface area contributed by atoms with Crippen molar-refractivity contribution in [1.82, 2.24) is 15.7 Å². The van der Waals surface area contributed by atoms with Crippen molar-refractivity contribution in [3.8, 4) is 0 Å². The Labute approximate surface area is 79.2 Å². The average Bonchev–Trinajstić information content (AvgIpc) is 1.98. The third kappa shape index (κ3) is 7.59. The van der Waals surface area contributed by atoms with Crippen molar-refractivity contribution in [2.45, 2.75) is 0 Å². The highest BCUT2D eigenvalue weighted by Gasteiger charge is 1.93. The second-order valence-corrected chi connectivity index (χ2v) is 2.41. The monoisotopic (exact) mass is 196 g/mol. The Morgan fingerprint density at radius 2 is 2.08 bits per heavy atom. The van der Waals surface area contributed by atoms with E-state index in [1.807, 2.05) is 24.5 Å². The fourth-order valence-electron chi connectivity index (χ4n) is 0.566. The first kappa shape index (κ1) is 14.0. The minimum Gasteiger partial charge on any atom is -0.353 e. The van der Waals surface area contributed by atoms with E-state index in [0.717, 1.165) is 13.1 Å². The van der Waals surface area contributed by atoms with Gasteiger partial charge in [0.2, 0.25) is 5.96 Å². The lowest BCUT2D eigenvalue weighted by molar-refractivity contribution is 0.229. The predicted molar refractivity (Wildman–Crippen MR) is 52.1 cm³/mol. The standard InChI is InChI=1S/C6H16N4O.ClH/c1-7-6(9-11)8-4-5-10(2)3;/h11H,4-5H2,1-3H3,(H2,7,8,9);1H. The van der Waals surface area contributed by atoms with Gasteiger partial charge >= 0.3 is 0 Å². The summed E-state index contributed by atoms with van der Waals surface area (Å²) in [6, 6.07) is 0. The Morgan fingerprint density at radius 3 is 2.42 bits per heavy atom. The molecule has 6 heteroatoms. The molecule has 0 aliphatic heterocycles. The average molecular weight is 197 g/mol. The molecule has 0 saturated carbocycles. The quantitative estimate of drug-likeness (QED) is 0.324. The lowest BCUT2D eigenvalue weighted by atomic mass is 10.6.